The Balaban J connectivity index is 1.25. The van der Waals surface area contributed by atoms with Gasteiger partial charge in [0, 0.05) is 32.7 Å². The van der Waals surface area contributed by atoms with Crippen molar-refractivity contribution in [1.29, 1.82) is 0 Å². The monoisotopic (exact) mass is 476 g/mol. The van der Waals surface area contributed by atoms with Crippen molar-refractivity contribution in [3.8, 4) is 23.0 Å². The zero-order chi connectivity index (χ0) is 24.5. The van der Waals surface area contributed by atoms with Crippen LogP contribution in [-0.2, 0) is 17.9 Å². The van der Waals surface area contributed by atoms with Crippen molar-refractivity contribution >= 4 is 5.91 Å². The standard InChI is InChI=1S/C28H32N2O5/c1-32-24-9-11-25(12-10-24)34-21-28(31)30-16-14-29(15-17-30)19-23-8-13-26(33-2)27(18-23)35-20-22-6-4-3-5-7-22/h3-13,18H,14-17,19-21H2,1-2H3. The number of nitrogens with zero attached hydrogens (tertiary/aromatic N) is 2. The zero-order valence-corrected chi connectivity index (χ0v) is 20.3. The predicted molar refractivity (Wildman–Crippen MR) is 134 cm³/mol. The summed E-state index contributed by atoms with van der Waals surface area (Å²) in [5.74, 6) is 2.87. The Kier molecular flexibility index (Phi) is 8.46. The van der Waals surface area contributed by atoms with Crippen LogP contribution in [0.15, 0.2) is 72.8 Å². The van der Waals surface area contributed by atoms with Crippen LogP contribution in [0.2, 0.25) is 0 Å². The van der Waals surface area contributed by atoms with Crippen LogP contribution in [0, 0.1) is 0 Å². The number of amides is 1. The van der Waals surface area contributed by atoms with Gasteiger partial charge in [-0.05, 0) is 47.5 Å². The van der Waals surface area contributed by atoms with Crippen LogP contribution in [0.25, 0.3) is 0 Å². The molecule has 35 heavy (non-hydrogen) atoms. The molecular weight excluding hydrogens is 444 g/mol. The van der Waals surface area contributed by atoms with Gasteiger partial charge in [0.25, 0.3) is 5.91 Å². The fraction of sp³-hybridized carbons (Fsp3) is 0.321. The summed E-state index contributed by atoms with van der Waals surface area (Å²) in [5.41, 5.74) is 2.26. The van der Waals surface area contributed by atoms with Crippen LogP contribution in [0.3, 0.4) is 0 Å². The van der Waals surface area contributed by atoms with Crippen LogP contribution < -0.4 is 18.9 Å². The molecule has 1 saturated heterocycles. The molecule has 0 aromatic heterocycles. The number of ether oxygens (including phenoxy) is 4. The molecule has 0 N–H and O–H groups in total. The molecule has 0 bridgehead atoms. The number of carbonyl (C=O) groups excluding carboxylic acids is 1. The molecule has 0 aliphatic carbocycles. The Morgan fingerprint density at radius 3 is 2.14 bits per heavy atom. The Morgan fingerprint density at radius 1 is 0.743 bits per heavy atom. The quantitative estimate of drug-likeness (QED) is 0.441. The average Bonchev–Trinajstić information content (AvgIpc) is 2.92. The summed E-state index contributed by atoms with van der Waals surface area (Å²) in [6.07, 6.45) is 0. The molecule has 0 radical (unpaired) electrons. The summed E-state index contributed by atoms with van der Waals surface area (Å²) in [6, 6.07) is 23.4. The summed E-state index contributed by atoms with van der Waals surface area (Å²) in [6.45, 7) is 4.28. The molecule has 3 aromatic rings. The van der Waals surface area contributed by atoms with E-state index in [4.69, 9.17) is 18.9 Å². The highest BCUT2D eigenvalue weighted by Crippen LogP contribution is 2.29. The van der Waals surface area contributed by atoms with Crippen molar-refractivity contribution in [1.82, 2.24) is 9.80 Å². The minimum Gasteiger partial charge on any atom is -0.497 e. The van der Waals surface area contributed by atoms with Crippen molar-refractivity contribution in [2.75, 3.05) is 47.0 Å². The first kappa shape index (κ1) is 24.4. The lowest BCUT2D eigenvalue weighted by Gasteiger charge is -2.34. The Morgan fingerprint density at radius 2 is 1.46 bits per heavy atom. The molecule has 1 aliphatic heterocycles. The first-order valence-electron chi connectivity index (χ1n) is 11.7. The van der Waals surface area contributed by atoms with Crippen molar-refractivity contribution < 1.29 is 23.7 Å². The number of hydrogen-bond acceptors (Lipinski definition) is 6. The molecule has 1 aliphatic rings. The number of carbonyl (C=O) groups is 1. The maximum atomic E-state index is 12.6. The van der Waals surface area contributed by atoms with E-state index in [2.05, 4.69) is 11.0 Å². The predicted octanol–water partition coefficient (Wildman–Crippen LogP) is 4.01. The van der Waals surface area contributed by atoms with E-state index in [-0.39, 0.29) is 12.5 Å². The van der Waals surface area contributed by atoms with Gasteiger partial charge in [-0.3, -0.25) is 9.69 Å². The minimum absolute atomic E-state index is 0.00140. The number of methoxy groups -OCH3 is 2. The van der Waals surface area contributed by atoms with E-state index < -0.39 is 0 Å². The molecule has 0 unspecified atom stereocenters. The van der Waals surface area contributed by atoms with Crippen LogP contribution >= 0.6 is 0 Å². The third-order valence-electron chi connectivity index (χ3n) is 6.02. The summed E-state index contributed by atoms with van der Waals surface area (Å²) >= 11 is 0. The highest BCUT2D eigenvalue weighted by atomic mass is 16.5. The molecule has 1 heterocycles. The Labute approximate surface area is 206 Å². The van der Waals surface area contributed by atoms with Crippen molar-refractivity contribution in [2.45, 2.75) is 13.2 Å². The van der Waals surface area contributed by atoms with Crippen molar-refractivity contribution in [3.63, 3.8) is 0 Å². The molecule has 0 atom stereocenters. The van der Waals surface area contributed by atoms with Gasteiger partial charge < -0.3 is 23.8 Å². The molecule has 184 valence electrons. The summed E-state index contributed by atoms with van der Waals surface area (Å²) in [4.78, 5) is 16.8. The van der Waals surface area contributed by atoms with Gasteiger partial charge in [0.15, 0.2) is 18.1 Å². The topological polar surface area (TPSA) is 60.5 Å². The first-order valence-corrected chi connectivity index (χ1v) is 11.7. The van der Waals surface area contributed by atoms with Gasteiger partial charge in [-0.25, -0.2) is 0 Å². The number of rotatable bonds is 10. The summed E-state index contributed by atoms with van der Waals surface area (Å²) < 4.78 is 22.3. The van der Waals surface area contributed by atoms with E-state index in [1.54, 1.807) is 26.4 Å². The lowest BCUT2D eigenvalue weighted by molar-refractivity contribution is -0.135. The van der Waals surface area contributed by atoms with E-state index in [1.807, 2.05) is 59.5 Å². The van der Waals surface area contributed by atoms with Crippen LogP contribution in [0.5, 0.6) is 23.0 Å². The van der Waals surface area contributed by atoms with E-state index >= 15 is 0 Å². The highest BCUT2D eigenvalue weighted by molar-refractivity contribution is 5.77. The van der Waals surface area contributed by atoms with Crippen LogP contribution in [-0.4, -0.2) is 62.7 Å². The SMILES string of the molecule is COc1ccc(OCC(=O)N2CCN(Cc3ccc(OC)c(OCc4ccccc4)c3)CC2)cc1. The molecule has 4 rings (SSSR count). The van der Waals surface area contributed by atoms with Gasteiger partial charge in [-0.15, -0.1) is 0 Å². The second-order valence-electron chi connectivity index (χ2n) is 8.38. The van der Waals surface area contributed by atoms with E-state index in [9.17, 15) is 4.79 Å². The smallest absolute Gasteiger partial charge is 0.260 e. The van der Waals surface area contributed by atoms with Crippen LogP contribution in [0.1, 0.15) is 11.1 Å². The van der Waals surface area contributed by atoms with E-state index in [0.29, 0.717) is 25.4 Å². The highest BCUT2D eigenvalue weighted by Gasteiger charge is 2.22. The Bertz CT molecular complexity index is 1080. The maximum absolute atomic E-state index is 12.6. The second-order valence-corrected chi connectivity index (χ2v) is 8.38. The van der Waals surface area contributed by atoms with Crippen LogP contribution in [0.4, 0.5) is 0 Å². The molecular formula is C28H32N2O5. The minimum atomic E-state index is 0.00140. The number of hydrogen-bond donors (Lipinski definition) is 0. The van der Waals surface area contributed by atoms with Gasteiger partial charge in [0.1, 0.15) is 18.1 Å². The van der Waals surface area contributed by atoms with Gasteiger partial charge in [0.05, 0.1) is 14.2 Å². The van der Waals surface area contributed by atoms with Gasteiger partial charge in [0.2, 0.25) is 0 Å². The molecule has 1 fully saturated rings. The number of piperazine rings is 1. The van der Waals surface area contributed by atoms with Gasteiger partial charge >= 0.3 is 0 Å². The third-order valence-corrected chi connectivity index (χ3v) is 6.02. The lowest BCUT2D eigenvalue weighted by atomic mass is 10.1. The lowest BCUT2D eigenvalue weighted by Crippen LogP contribution is -2.49. The summed E-state index contributed by atoms with van der Waals surface area (Å²) in [7, 11) is 3.27. The fourth-order valence-electron chi connectivity index (χ4n) is 3.99. The van der Waals surface area contributed by atoms with Crippen molar-refractivity contribution in [3.05, 3.63) is 83.9 Å². The largest absolute Gasteiger partial charge is 0.497 e. The molecule has 3 aromatic carbocycles. The van der Waals surface area contributed by atoms with Crippen molar-refractivity contribution in [2.24, 2.45) is 0 Å². The first-order chi connectivity index (χ1) is 17.1. The number of benzene rings is 3. The van der Waals surface area contributed by atoms with E-state index in [1.165, 1.54) is 0 Å². The average molecular weight is 477 g/mol. The molecule has 0 saturated carbocycles. The van der Waals surface area contributed by atoms with Gasteiger partial charge in [-0.1, -0.05) is 36.4 Å². The molecule has 7 heteroatoms. The van der Waals surface area contributed by atoms with Gasteiger partial charge in [-0.2, -0.15) is 0 Å². The maximum Gasteiger partial charge on any atom is 0.260 e. The fourth-order valence-corrected chi connectivity index (χ4v) is 3.99. The third kappa shape index (κ3) is 6.90. The molecule has 7 nitrogen and oxygen atoms in total. The summed E-state index contributed by atoms with van der Waals surface area (Å²) in [5, 5.41) is 0. The normalized spacial score (nSPS) is 13.8. The zero-order valence-electron chi connectivity index (χ0n) is 20.3. The molecule has 0 spiro atoms. The Hall–Kier alpha value is -3.71. The molecule has 1 amide bonds. The second kappa shape index (κ2) is 12.1. The van der Waals surface area contributed by atoms with E-state index in [0.717, 1.165) is 48.0 Å².